The minimum Gasteiger partial charge on any atom is -0.481 e. The molecule has 1 aliphatic rings. The molecule has 1 aromatic heterocycles. The Bertz CT molecular complexity index is 727. The molecule has 134 valence electrons. The zero-order valence-corrected chi connectivity index (χ0v) is 16.2. The summed E-state index contributed by atoms with van der Waals surface area (Å²) in [4.78, 5) is 17.9. The maximum absolute atomic E-state index is 13.6. The normalized spacial score (nSPS) is 13.4. The first kappa shape index (κ1) is 18.3. The number of benzene rings is 1. The fraction of sp³-hybridized carbons (Fsp3) is 0.444. The van der Waals surface area contributed by atoms with Crippen molar-refractivity contribution in [1.29, 1.82) is 0 Å². The van der Waals surface area contributed by atoms with Crippen molar-refractivity contribution in [3.63, 3.8) is 0 Å². The highest BCUT2D eigenvalue weighted by molar-refractivity contribution is 9.10. The number of aryl methyl sites for hydroxylation is 3. The van der Waals surface area contributed by atoms with E-state index < -0.39 is 5.82 Å². The van der Waals surface area contributed by atoms with Crippen molar-refractivity contribution in [1.82, 2.24) is 10.3 Å². The number of ether oxygens (including phenoxy) is 1. The SMILES string of the molecule is O=C(COc1ccc(Br)cc1F)NCCCc1nc2c(s1)CCCC2. The quantitative estimate of drug-likeness (QED) is 0.679. The number of rotatable bonds is 7. The molecular weight excluding hydrogens is 407 g/mol. The Morgan fingerprint density at radius 1 is 1.36 bits per heavy atom. The first-order valence-corrected chi connectivity index (χ1v) is 10.0. The molecule has 1 amide bonds. The van der Waals surface area contributed by atoms with Crippen LogP contribution >= 0.6 is 27.3 Å². The van der Waals surface area contributed by atoms with Gasteiger partial charge >= 0.3 is 0 Å². The van der Waals surface area contributed by atoms with Crippen molar-refractivity contribution >= 4 is 33.2 Å². The van der Waals surface area contributed by atoms with Crippen molar-refractivity contribution < 1.29 is 13.9 Å². The third-order valence-electron chi connectivity index (χ3n) is 4.03. The highest BCUT2D eigenvalue weighted by Gasteiger charge is 2.14. The van der Waals surface area contributed by atoms with Gasteiger partial charge in [0.25, 0.3) is 5.91 Å². The molecule has 2 aromatic rings. The molecule has 0 radical (unpaired) electrons. The summed E-state index contributed by atoms with van der Waals surface area (Å²) in [6.45, 7) is 0.374. The number of carbonyl (C=O) groups is 1. The van der Waals surface area contributed by atoms with E-state index in [0.29, 0.717) is 11.0 Å². The number of fused-ring (bicyclic) bond motifs is 1. The van der Waals surface area contributed by atoms with Crippen LogP contribution in [0.4, 0.5) is 4.39 Å². The Kier molecular flexibility index (Phi) is 6.42. The largest absolute Gasteiger partial charge is 0.481 e. The smallest absolute Gasteiger partial charge is 0.257 e. The number of halogens is 2. The van der Waals surface area contributed by atoms with Gasteiger partial charge in [-0.15, -0.1) is 11.3 Å². The molecule has 1 aromatic carbocycles. The van der Waals surface area contributed by atoms with E-state index in [-0.39, 0.29) is 18.3 Å². The number of amides is 1. The number of nitrogens with one attached hydrogen (secondary N) is 1. The first-order valence-electron chi connectivity index (χ1n) is 8.44. The second kappa shape index (κ2) is 8.76. The third-order valence-corrected chi connectivity index (χ3v) is 5.74. The summed E-state index contributed by atoms with van der Waals surface area (Å²) >= 11 is 4.99. The summed E-state index contributed by atoms with van der Waals surface area (Å²) in [5, 5.41) is 3.96. The van der Waals surface area contributed by atoms with Crippen LogP contribution in [0.3, 0.4) is 0 Å². The van der Waals surface area contributed by atoms with Crippen LogP contribution in [0.15, 0.2) is 22.7 Å². The Hall–Kier alpha value is -1.47. The van der Waals surface area contributed by atoms with Crippen LogP contribution in [-0.2, 0) is 24.1 Å². The van der Waals surface area contributed by atoms with E-state index in [1.807, 2.05) is 11.3 Å². The van der Waals surface area contributed by atoms with E-state index in [1.165, 1.54) is 35.5 Å². The summed E-state index contributed by atoms with van der Waals surface area (Å²) < 4.78 is 19.4. The lowest BCUT2D eigenvalue weighted by Gasteiger charge is -2.08. The highest BCUT2D eigenvalue weighted by atomic mass is 79.9. The van der Waals surface area contributed by atoms with Gasteiger partial charge in [0.1, 0.15) is 0 Å². The van der Waals surface area contributed by atoms with Crippen LogP contribution in [0.25, 0.3) is 0 Å². The fourth-order valence-electron chi connectivity index (χ4n) is 2.77. The molecule has 1 aliphatic carbocycles. The minimum absolute atomic E-state index is 0.0757. The van der Waals surface area contributed by atoms with Gasteiger partial charge in [-0.3, -0.25) is 4.79 Å². The Labute approximate surface area is 158 Å². The number of thiazole rings is 1. The van der Waals surface area contributed by atoms with Crippen LogP contribution in [0.5, 0.6) is 5.75 Å². The first-order chi connectivity index (χ1) is 12.1. The zero-order chi connectivity index (χ0) is 17.6. The maximum Gasteiger partial charge on any atom is 0.257 e. The molecule has 7 heteroatoms. The second-order valence-electron chi connectivity index (χ2n) is 6.00. The molecule has 0 spiro atoms. The average molecular weight is 427 g/mol. The van der Waals surface area contributed by atoms with Crippen LogP contribution in [-0.4, -0.2) is 24.0 Å². The van der Waals surface area contributed by atoms with Crippen LogP contribution in [0.1, 0.15) is 34.8 Å². The molecule has 3 rings (SSSR count). The standard InChI is InChI=1S/C18H20BrFN2O2S/c19-12-7-8-15(13(20)10-12)24-11-17(23)21-9-3-6-18-22-14-4-1-2-5-16(14)25-18/h7-8,10H,1-6,9,11H2,(H,21,23). The van der Waals surface area contributed by atoms with E-state index in [0.717, 1.165) is 30.7 Å². The molecule has 25 heavy (non-hydrogen) atoms. The van der Waals surface area contributed by atoms with Crippen molar-refractivity contribution in [2.45, 2.75) is 38.5 Å². The number of nitrogens with zero attached hydrogens (tertiary/aromatic N) is 1. The maximum atomic E-state index is 13.6. The van der Waals surface area contributed by atoms with E-state index in [9.17, 15) is 9.18 Å². The predicted octanol–water partition coefficient (Wildman–Crippen LogP) is 4.05. The van der Waals surface area contributed by atoms with Gasteiger partial charge in [0.15, 0.2) is 18.2 Å². The average Bonchev–Trinajstić information content (AvgIpc) is 3.01. The Balaban J connectivity index is 1.36. The third kappa shape index (κ3) is 5.25. The Morgan fingerprint density at radius 2 is 2.20 bits per heavy atom. The number of aromatic nitrogens is 1. The van der Waals surface area contributed by atoms with Gasteiger partial charge in [-0.25, -0.2) is 9.37 Å². The number of hydrogen-bond donors (Lipinski definition) is 1. The van der Waals surface area contributed by atoms with Crippen LogP contribution in [0.2, 0.25) is 0 Å². The minimum atomic E-state index is -0.491. The van der Waals surface area contributed by atoms with Crippen LogP contribution < -0.4 is 10.1 Å². The van der Waals surface area contributed by atoms with Crippen molar-refractivity contribution in [3.8, 4) is 5.75 Å². The van der Waals surface area contributed by atoms with E-state index in [1.54, 1.807) is 6.07 Å². The predicted molar refractivity (Wildman–Crippen MR) is 99.7 cm³/mol. The summed E-state index contributed by atoms with van der Waals surface area (Å²) in [6, 6.07) is 4.47. The summed E-state index contributed by atoms with van der Waals surface area (Å²) in [7, 11) is 0. The molecule has 1 heterocycles. The van der Waals surface area contributed by atoms with Gasteiger partial charge in [-0.1, -0.05) is 15.9 Å². The molecule has 0 aliphatic heterocycles. The fourth-order valence-corrected chi connectivity index (χ4v) is 4.30. The lowest BCUT2D eigenvalue weighted by atomic mass is 10.0. The molecule has 4 nitrogen and oxygen atoms in total. The molecule has 0 unspecified atom stereocenters. The van der Waals surface area contributed by atoms with E-state index in [4.69, 9.17) is 9.72 Å². The van der Waals surface area contributed by atoms with Gasteiger partial charge in [-0.2, -0.15) is 0 Å². The number of carbonyl (C=O) groups excluding carboxylic acids is 1. The summed E-state index contributed by atoms with van der Waals surface area (Å²) in [5.41, 5.74) is 1.28. The van der Waals surface area contributed by atoms with Gasteiger partial charge < -0.3 is 10.1 Å². The van der Waals surface area contributed by atoms with E-state index >= 15 is 0 Å². The molecule has 0 atom stereocenters. The molecular formula is C18H20BrFN2O2S. The molecule has 0 saturated carbocycles. The summed E-state index contributed by atoms with van der Waals surface area (Å²) in [6.07, 6.45) is 6.49. The molecule has 0 saturated heterocycles. The molecule has 0 bridgehead atoms. The van der Waals surface area contributed by atoms with E-state index in [2.05, 4.69) is 21.2 Å². The van der Waals surface area contributed by atoms with Crippen LogP contribution in [0, 0.1) is 5.82 Å². The lowest BCUT2D eigenvalue weighted by Crippen LogP contribution is -2.30. The molecule has 1 N–H and O–H groups in total. The molecule has 0 fully saturated rings. The van der Waals surface area contributed by atoms with Gasteiger partial charge in [0, 0.05) is 22.3 Å². The Morgan fingerprint density at radius 3 is 3.00 bits per heavy atom. The monoisotopic (exact) mass is 426 g/mol. The highest BCUT2D eigenvalue weighted by Crippen LogP contribution is 2.27. The van der Waals surface area contributed by atoms with Crippen molar-refractivity contribution in [3.05, 3.63) is 44.1 Å². The van der Waals surface area contributed by atoms with Crippen molar-refractivity contribution in [2.75, 3.05) is 13.2 Å². The van der Waals surface area contributed by atoms with Gasteiger partial charge in [0.05, 0.1) is 10.7 Å². The van der Waals surface area contributed by atoms with Gasteiger partial charge in [-0.05, 0) is 50.3 Å². The topological polar surface area (TPSA) is 51.2 Å². The number of hydrogen-bond acceptors (Lipinski definition) is 4. The second-order valence-corrected chi connectivity index (χ2v) is 8.09. The van der Waals surface area contributed by atoms with Crippen molar-refractivity contribution in [2.24, 2.45) is 0 Å². The lowest BCUT2D eigenvalue weighted by molar-refractivity contribution is -0.123. The zero-order valence-electron chi connectivity index (χ0n) is 13.8. The van der Waals surface area contributed by atoms with Gasteiger partial charge in [0.2, 0.25) is 0 Å². The summed E-state index contributed by atoms with van der Waals surface area (Å²) in [5.74, 6) is -0.664.